The first-order valence-corrected chi connectivity index (χ1v) is 12.3. The van der Waals surface area contributed by atoms with Crippen molar-refractivity contribution in [1.82, 2.24) is 14.7 Å². The second kappa shape index (κ2) is 9.08. The Morgan fingerprint density at radius 3 is 2.56 bits per heavy atom. The van der Waals surface area contributed by atoms with Gasteiger partial charge in [-0.1, -0.05) is 43.2 Å². The molecule has 2 amide bonds. The van der Waals surface area contributed by atoms with Gasteiger partial charge < -0.3 is 10.2 Å². The zero-order chi connectivity index (χ0) is 22.0. The van der Waals surface area contributed by atoms with E-state index in [1.807, 2.05) is 28.9 Å². The van der Waals surface area contributed by atoms with Gasteiger partial charge in [-0.25, -0.2) is 4.68 Å². The van der Waals surface area contributed by atoms with Crippen molar-refractivity contribution < 1.29 is 9.59 Å². The molecule has 32 heavy (non-hydrogen) atoms. The number of nitrogens with one attached hydrogen (secondary N) is 1. The molecule has 1 aliphatic heterocycles. The van der Waals surface area contributed by atoms with Crippen molar-refractivity contribution in [2.24, 2.45) is 11.3 Å². The lowest BCUT2D eigenvalue weighted by molar-refractivity contribution is -0.134. The summed E-state index contributed by atoms with van der Waals surface area (Å²) in [5, 5.41) is 7.54. The van der Waals surface area contributed by atoms with E-state index in [9.17, 15) is 9.59 Å². The summed E-state index contributed by atoms with van der Waals surface area (Å²) in [6.07, 6.45) is 12.0. The van der Waals surface area contributed by atoms with E-state index in [4.69, 9.17) is 0 Å². The summed E-state index contributed by atoms with van der Waals surface area (Å²) in [5.41, 5.74) is 1.63. The van der Waals surface area contributed by atoms with Crippen LogP contribution < -0.4 is 5.32 Å². The van der Waals surface area contributed by atoms with Crippen LogP contribution in [0.4, 0.5) is 5.82 Å². The van der Waals surface area contributed by atoms with E-state index in [1.54, 1.807) is 6.20 Å². The van der Waals surface area contributed by atoms with Crippen LogP contribution >= 0.6 is 0 Å². The number of anilines is 1. The fraction of sp³-hybridized carbons (Fsp3) is 0.577. The number of nitrogens with zero attached hydrogens (tertiary/aromatic N) is 3. The fourth-order valence-electron chi connectivity index (χ4n) is 5.89. The number of hydrogen-bond acceptors (Lipinski definition) is 3. The first-order valence-electron chi connectivity index (χ1n) is 12.3. The zero-order valence-corrected chi connectivity index (χ0v) is 18.8. The Bertz CT molecular complexity index is 940. The largest absolute Gasteiger partial charge is 0.342 e. The molecule has 1 atom stereocenters. The molecule has 1 saturated heterocycles. The first kappa shape index (κ1) is 21.2. The van der Waals surface area contributed by atoms with Crippen LogP contribution in [0, 0.1) is 11.3 Å². The molecule has 5 rings (SSSR count). The number of amides is 2. The van der Waals surface area contributed by atoms with Crippen LogP contribution in [0.5, 0.6) is 0 Å². The molecule has 1 aromatic heterocycles. The minimum atomic E-state index is 0.0332. The van der Waals surface area contributed by atoms with Gasteiger partial charge in [0.1, 0.15) is 5.82 Å². The lowest BCUT2D eigenvalue weighted by atomic mass is 10.00. The molecule has 3 fully saturated rings. The monoisotopic (exact) mass is 434 g/mol. The number of likely N-dealkylation sites (tertiary alicyclic amines) is 1. The van der Waals surface area contributed by atoms with E-state index < -0.39 is 0 Å². The first-order chi connectivity index (χ1) is 15.6. The molecule has 2 saturated carbocycles. The second-order valence-corrected chi connectivity index (χ2v) is 9.93. The molecule has 0 radical (unpaired) electrons. The maximum Gasteiger partial charge on any atom is 0.226 e. The molecule has 0 bridgehead atoms. The van der Waals surface area contributed by atoms with Crippen molar-refractivity contribution in [2.75, 3.05) is 18.4 Å². The fourth-order valence-corrected chi connectivity index (χ4v) is 5.89. The Morgan fingerprint density at radius 2 is 1.81 bits per heavy atom. The molecular formula is C26H34N4O2. The molecule has 2 heterocycles. The van der Waals surface area contributed by atoms with Gasteiger partial charge in [-0.05, 0) is 55.9 Å². The molecule has 1 spiro atoms. The Labute approximate surface area is 190 Å². The molecule has 2 aliphatic carbocycles. The second-order valence-electron chi connectivity index (χ2n) is 9.93. The van der Waals surface area contributed by atoms with Crippen molar-refractivity contribution in [2.45, 2.75) is 70.3 Å². The number of carbonyl (C=O) groups is 2. The molecule has 1 aromatic carbocycles. The topological polar surface area (TPSA) is 67.2 Å². The van der Waals surface area contributed by atoms with Crippen LogP contribution in [0.25, 0.3) is 0 Å². The van der Waals surface area contributed by atoms with Crippen LogP contribution in [-0.2, 0) is 16.0 Å². The van der Waals surface area contributed by atoms with Gasteiger partial charge in [-0.2, -0.15) is 5.10 Å². The Hall–Kier alpha value is -2.63. The normalized spacial score (nSPS) is 22.2. The summed E-state index contributed by atoms with van der Waals surface area (Å²) in [5.74, 6) is 1.48. The summed E-state index contributed by atoms with van der Waals surface area (Å²) >= 11 is 0. The third kappa shape index (κ3) is 4.45. The van der Waals surface area contributed by atoms with E-state index in [0.29, 0.717) is 17.7 Å². The van der Waals surface area contributed by atoms with E-state index in [2.05, 4.69) is 27.4 Å². The smallest absolute Gasteiger partial charge is 0.226 e. The van der Waals surface area contributed by atoms with Crippen molar-refractivity contribution in [3.05, 3.63) is 48.2 Å². The number of rotatable bonds is 7. The van der Waals surface area contributed by atoms with Gasteiger partial charge >= 0.3 is 0 Å². The number of benzene rings is 1. The average Bonchev–Trinajstić information content (AvgIpc) is 3.11. The molecule has 0 unspecified atom stereocenters. The minimum absolute atomic E-state index is 0.0332. The zero-order valence-electron chi connectivity index (χ0n) is 18.8. The Kier molecular flexibility index (Phi) is 6.03. The molecule has 2 aromatic rings. The quantitative estimate of drug-likeness (QED) is 0.693. The van der Waals surface area contributed by atoms with Crippen LogP contribution in [0.3, 0.4) is 0 Å². The predicted molar refractivity (Wildman–Crippen MR) is 124 cm³/mol. The number of carbonyl (C=O) groups excluding carboxylic acids is 2. The molecule has 6 heteroatoms. The molecular weight excluding hydrogens is 400 g/mol. The van der Waals surface area contributed by atoms with E-state index >= 15 is 0 Å². The number of aryl methyl sites for hydroxylation is 1. The third-order valence-electron chi connectivity index (χ3n) is 7.86. The predicted octanol–water partition coefficient (Wildman–Crippen LogP) is 4.59. The maximum absolute atomic E-state index is 13.0. The Balaban J connectivity index is 1.09. The van der Waals surface area contributed by atoms with Crippen molar-refractivity contribution in [3.8, 4) is 0 Å². The van der Waals surface area contributed by atoms with Crippen LogP contribution in [-0.4, -0.2) is 39.6 Å². The number of aromatic nitrogens is 2. The van der Waals surface area contributed by atoms with E-state index in [1.165, 1.54) is 31.2 Å². The highest BCUT2D eigenvalue weighted by Crippen LogP contribution is 2.63. The molecule has 6 nitrogen and oxygen atoms in total. The van der Waals surface area contributed by atoms with Gasteiger partial charge in [0.25, 0.3) is 0 Å². The number of piperidine rings is 1. The molecule has 3 aliphatic rings. The van der Waals surface area contributed by atoms with E-state index in [-0.39, 0.29) is 17.9 Å². The SMILES string of the molecule is O=C(CCCc1ccccc1)Nc1ccnn1C1CCN(C(=O)[C@@H]2CC23CCCC3)CC1. The highest BCUT2D eigenvalue weighted by molar-refractivity contribution is 5.89. The lowest BCUT2D eigenvalue weighted by Crippen LogP contribution is -2.41. The Morgan fingerprint density at radius 1 is 1.06 bits per heavy atom. The summed E-state index contributed by atoms with van der Waals surface area (Å²) in [6.45, 7) is 1.58. The van der Waals surface area contributed by atoms with Crippen LogP contribution in [0.15, 0.2) is 42.6 Å². The van der Waals surface area contributed by atoms with Gasteiger partial charge in [0.2, 0.25) is 11.8 Å². The average molecular weight is 435 g/mol. The van der Waals surface area contributed by atoms with Gasteiger partial charge in [0.05, 0.1) is 12.2 Å². The standard InChI is InChI=1S/C26H34N4O2/c31-24(10-6-9-20-7-2-1-3-8-20)28-23-11-16-27-30(23)21-12-17-29(18-13-21)25(32)22-19-26(22)14-4-5-15-26/h1-3,7-8,11,16,21-22H,4-6,9-10,12-15,17-19H2,(H,28,31)/t22-/m0/s1. The van der Waals surface area contributed by atoms with Gasteiger partial charge in [-0.15, -0.1) is 0 Å². The van der Waals surface area contributed by atoms with E-state index in [0.717, 1.165) is 51.0 Å². The highest BCUT2D eigenvalue weighted by Gasteiger charge is 2.59. The maximum atomic E-state index is 13.0. The van der Waals surface area contributed by atoms with Gasteiger partial charge in [0.15, 0.2) is 0 Å². The lowest BCUT2D eigenvalue weighted by Gasteiger charge is -2.33. The third-order valence-corrected chi connectivity index (χ3v) is 7.86. The molecule has 1 N–H and O–H groups in total. The van der Waals surface area contributed by atoms with Gasteiger partial charge in [-0.3, -0.25) is 9.59 Å². The highest BCUT2D eigenvalue weighted by atomic mass is 16.2. The summed E-state index contributed by atoms with van der Waals surface area (Å²) in [4.78, 5) is 27.5. The van der Waals surface area contributed by atoms with Crippen molar-refractivity contribution in [3.63, 3.8) is 0 Å². The molecule has 170 valence electrons. The van der Waals surface area contributed by atoms with Crippen LogP contribution in [0.1, 0.15) is 69.4 Å². The van der Waals surface area contributed by atoms with Crippen molar-refractivity contribution in [1.29, 1.82) is 0 Å². The summed E-state index contributed by atoms with van der Waals surface area (Å²) in [7, 11) is 0. The minimum Gasteiger partial charge on any atom is -0.342 e. The summed E-state index contributed by atoms with van der Waals surface area (Å²) < 4.78 is 1.95. The van der Waals surface area contributed by atoms with Crippen LogP contribution in [0.2, 0.25) is 0 Å². The van der Waals surface area contributed by atoms with Crippen molar-refractivity contribution >= 4 is 17.6 Å². The van der Waals surface area contributed by atoms with Gasteiger partial charge in [0, 0.05) is 31.5 Å². The number of hydrogen-bond donors (Lipinski definition) is 1. The summed E-state index contributed by atoms with van der Waals surface area (Å²) in [6, 6.07) is 12.4.